The molecule has 0 fully saturated rings. The van der Waals surface area contributed by atoms with Crippen molar-refractivity contribution in [1.29, 1.82) is 0 Å². The van der Waals surface area contributed by atoms with Crippen LogP contribution in [0.5, 0.6) is 0 Å². The normalized spacial score (nSPS) is 12.1. The number of carbonyl (C=O) groups is 1. The average Bonchev–Trinajstić information content (AvgIpc) is 3.02. The molecule has 0 aliphatic heterocycles. The van der Waals surface area contributed by atoms with E-state index >= 15 is 0 Å². The van der Waals surface area contributed by atoms with Crippen LogP contribution in [0.1, 0.15) is 34.2 Å². The Hall–Kier alpha value is -3.07. The number of hydrogen-bond acceptors (Lipinski definition) is 3. The summed E-state index contributed by atoms with van der Waals surface area (Å²) in [5.41, 5.74) is 0.579. The van der Waals surface area contributed by atoms with Gasteiger partial charge in [-0.15, -0.1) is 0 Å². The summed E-state index contributed by atoms with van der Waals surface area (Å²) >= 11 is 0. The van der Waals surface area contributed by atoms with Crippen molar-refractivity contribution in [3.8, 4) is 5.69 Å². The first-order chi connectivity index (χ1) is 14.5. The summed E-state index contributed by atoms with van der Waals surface area (Å²) < 4.78 is 65.6. The Morgan fingerprint density at radius 1 is 1.03 bits per heavy atom. The summed E-state index contributed by atoms with van der Waals surface area (Å²) in [7, 11) is -3.36. The van der Waals surface area contributed by atoms with E-state index in [0.717, 1.165) is 6.07 Å². The van der Waals surface area contributed by atoms with Crippen molar-refractivity contribution < 1.29 is 26.4 Å². The SMILES string of the molecule is CCS(=O)(=O)c1ccc(NC(=O)c2cc(C)n(-c3ccccc3C(F)(F)F)c2C)cc1. The smallest absolute Gasteiger partial charge is 0.322 e. The van der Waals surface area contributed by atoms with Gasteiger partial charge in [0.15, 0.2) is 9.84 Å². The van der Waals surface area contributed by atoms with Gasteiger partial charge in [-0.1, -0.05) is 19.1 Å². The molecule has 9 heteroatoms. The van der Waals surface area contributed by atoms with E-state index in [1.807, 2.05) is 0 Å². The minimum atomic E-state index is -4.54. The molecule has 1 heterocycles. The molecule has 164 valence electrons. The van der Waals surface area contributed by atoms with Crippen molar-refractivity contribution in [3.05, 3.63) is 77.1 Å². The summed E-state index contributed by atoms with van der Waals surface area (Å²) in [6.07, 6.45) is -4.54. The van der Waals surface area contributed by atoms with Gasteiger partial charge in [-0.25, -0.2) is 8.42 Å². The van der Waals surface area contributed by atoms with Gasteiger partial charge in [-0.3, -0.25) is 4.79 Å². The van der Waals surface area contributed by atoms with E-state index in [4.69, 9.17) is 0 Å². The number of hydrogen-bond donors (Lipinski definition) is 1. The van der Waals surface area contributed by atoms with Gasteiger partial charge in [0, 0.05) is 17.1 Å². The third-order valence-corrected chi connectivity index (χ3v) is 6.73. The van der Waals surface area contributed by atoms with Crippen molar-refractivity contribution in [1.82, 2.24) is 4.57 Å². The molecule has 1 aromatic heterocycles. The zero-order valence-corrected chi connectivity index (χ0v) is 17.9. The largest absolute Gasteiger partial charge is 0.418 e. The Bertz CT molecular complexity index is 1230. The maximum atomic E-state index is 13.5. The Kier molecular flexibility index (Phi) is 6.00. The highest BCUT2D eigenvalue weighted by molar-refractivity contribution is 7.91. The van der Waals surface area contributed by atoms with Crippen LogP contribution in [0, 0.1) is 13.8 Å². The van der Waals surface area contributed by atoms with Crippen LogP contribution >= 0.6 is 0 Å². The second-order valence-corrected chi connectivity index (χ2v) is 9.30. The van der Waals surface area contributed by atoms with E-state index in [1.54, 1.807) is 13.8 Å². The number of amides is 1. The van der Waals surface area contributed by atoms with Gasteiger partial charge in [0.2, 0.25) is 0 Å². The summed E-state index contributed by atoms with van der Waals surface area (Å²) in [6.45, 7) is 4.74. The van der Waals surface area contributed by atoms with Crippen molar-refractivity contribution in [2.24, 2.45) is 0 Å². The minimum absolute atomic E-state index is 0.0376. The predicted octanol–water partition coefficient (Wildman–Crippen LogP) is 5.16. The number of anilines is 1. The number of aryl methyl sites for hydroxylation is 1. The number of sulfone groups is 1. The number of benzene rings is 2. The van der Waals surface area contributed by atoms with Gasteiger partial charge in [-0.2, -0.15) is 13.2 Å². The lowest BCUT2D eigenvalue weighted by Crippen LogP contribution is -2.15. The van der Waals surface area contributed by atoms with Gasteiger partial charge in [0.1, 0.15) is 0 Å². The number of para-hydroxylation sites is 1. The maximum absolute atomic E-state index is 13.5. The number of alkyl halides is 3. The standard InChI is InChI=1S/C22H21F3N2O3S/c1-4-31(29,30)17-11-9-16(10-12-17)26-21(28)18-13-14(2)27(15(18)3)20-8-6-5-7-19(20)22(23,24)25/h5-13H,4H2,1-3H3,(H,26,28). The lowest BCUT2D eigenvalue weighted by atomic mass is 10.1. The first-order valence-electron chi connectivity index (χ1n) is 9.45. The predicted molar refractivity (Wildman–Crippen MR) is 112 cm³/mol. The summed E-state index contributed by atoms with van der Waals surface area (Å²) in [5.74, 6) is -0.542. The molecule has 0 radical (unpaired) electrons. The van der Waals surface area contributed by atoms with E-state index in [1.165, 1.54) is 60.0 Å². The summed E-state index contributed by atoms with van der Waals surface area (Å²) in [6, 6.07) is 12.4. The lowest BCUT2D eigenvalue weighted by Gasteiger charge is -2.16. The number of halogens is 3. The van der Waals surface area contributed by atoms with Crippen molar-refractivity contribution in [3.63, 3.8) is 0 Å². The van der Waals surface area contributed by atoms with E-state index in [0.29, 0.717) is 17.1 Å². The van der Waals surface area contributed by atoms with Crippen molar-refractivity contribution in [2.45, 2.75) is 31.8 Å². The summed E-state index contributed by atoms with van der Waals surface area (Å²) in [4.78, 5) is 12.9. The topological polar surface area (TPSA) is 68.2 Å². The number of aromatic nitrogens is 1. The molecule has 3 aromatic rings. The van der Waals surface area contributed by atoms with Crippen molar-refractivity contribution >= 4 is 21.4 Å². The second-order valence-electron chi connectivity index (χ2n) is 7.02. The molecule has 0 saturated carbocycles. The Labute approximate surface area is 178 Å². The van der Waals surface area contributed by atoms with Crippen molar-refractivity contribution in [2.75, 3.05) is 11.1 Å². The Morgan fingerprint density at radius 2 is 1.65 bits per heavy atom. The van der Waals surface area contributed by atoms with Gasteiger partial charge in [0.25, 0.3) is 5.91 Å². The van der Waals surface area contributed by atoms with Crippen LogP contribution in [0.4, 0.5) is 18.9 Å². The highest BCUT2D eigenvalue weighted by Crippen LogP contribution is 2.35. The maximum Gasteiger partial charge on any atom is 0.418 e. The first kappa shape index (κ1) is 22.6. The molecule has 0 spiro atoms. The van der Waals surface area contributed by atoms with Gasteiger partial charge < -0.3 is 9.88 Å². The van der Waals surface area contributed by atoms with E-state index in [2.05, 4.69) is 5.32 Å². The second kappa shape index (κ2) is 8.22. The number of nitrogens with one attached hydrogen (secondary N) is 1. The molecule has 0 aliphatic carbocycles. The molecule has 3 rings (SSSR count). The third kappa shape index (κ3) is 4.51. The molecule has 31 heavy (non-hydrogen) atoms. The number of nitrogens with zero attached hydrogens (tertiary/aromatic N) is 1. The lowest BCUT2D eigenvalue weighted by molar-refractivity contribution is -0.137. The molecule has 0 aliphatic rings. The first-order valence-corrected chi connectivity index (χ1v) is 11.1. The number of carbonyl (C=O) groups excluding carboxylic acids is 1. The molecule has 0 bridgehead atoms. The molecule has 0 atom stereocenters. The fourth-order valence-corrected chi connectivity index (χ4v) is 4.27. The molecular weight excluding hydrogens is 429 g/mol. The van der Waals surface area contributed by atoms with Crippen LogP contribution in [-0.4, -0.2) is 24.6 Å². The fraction of sp³-hybridized carbons (Fsp3) is 0.227. The molecule has 1 N–H and O–H groups in total. The number of rotatable bonds is 5. The fourth-order valence-electron chi connectivity index (χ4n) is 3.38. The highest BCUT2D eigenvalue weighted by Gasteiger charge is 2.34. The molecule has 0 unspecified atom stereocenters. The van der Waals surface area contributed by atoms with Gasteiger partial charge in [0.05, 0.1) is 27.5 Å². The van der Waals surface area contributed by atoms with Gasteiger partial charge in [-0.05, 0) is 56.3 Å². The van der Waals surface area contributed by atoms with Crippen LogP contribution in [0.15, 0.2) is 59.5 Å². The third-order valence-electron chi connectivity index (χ3n) is 4.98. The van der Waals surface area contributed by atoms with E-state index in [-0.39, 0.29) is 21.9 Å². The molecule has 2 aromatic carbocycles. The van der Waals surface area contributed by atoms with Crippen LogP contribution < -0.4 is 5.32 Å². The Balaban J connectivity index is 1.94. The quantitative estimate of drug-likeness (QED) is 0.584. The van der Waals surface area contributed by atoms with E-state index in [9.17, 15) is 26.4 Å². The Morgan fingerprint density at radius 3 is 2.23 bits per heavy atom. The molecule has 0 saturated heterocycles. The van der Waals surface area contributed by atoms with E-state index < -0.39 is 27.5 Å². The molecule has 5 nitrogen and oxygen atoms in total. The molecule has 1 amide bonds. The van der Waals surface area contributed by atoms with Crippen LogP contribution in [0.3, 0.4) is 0 Å². The minimum Gasteiger partial charge on any atom is -0.322 e. The average molecular weight is 450 g/mol. The molecular formula is C22H21F3N2O3S. The van der Waals surface area contributed by atoms with Crippen LogP contribution in [0.2, 0.25) is 0 Å². The summed E-state index contributed by atoms with van der Waals surface area (Å²) in [5, 5.41) is 2.66. The van der Waals surface area contributed by atoms with Crippen LogP contribution in [-0.2, 0) is 16.0 Å². The zero-order chi connectivity index (χ0) is 23.0. The highest BCUT2D eigenvalue weighted by atomic mass is 32.2. The van der Waals surface area contributed by atoms with Crippen LogP contribution in [0.25, 0.3) is 5.69 Å². The van der Waals surface area contributed by atoms with Gasteiger partial charge >= 0.3 is 6.18 Å². The zero-order valence-electron chi connectivity index (χ0n) is 17.1. The monoisotopic (exact) mass is 450 g/mol.